The summed E-state index contributed by atoms with van der Waals surface area (Å²) in [5, 5.41) is 0. The zero-order valence-electron chi connectivity index (χ0n) is 13.6. The first-order chi connectivity index (χ1) is 9.31. The third kappa shape index (κ3) is 3.36. The molecule has 20 heavy (non-hydrogen) atoms. The number of carbonyl (C=O) groups is 1. The Labute approximate surface area is 123 Å². The summed E-state index contributed by atoms with van der Waals surface area (Å²) in [6, 6.07) is 0. The summed E-state index contributed by atoms with van der Waals surface area (Å²) in [7, 11) is 0. The third-order valence-electron chi connectivity index (χ3n) is 5.70. The average Bonchev–Trinajstić information content (AvgIpc) is 2.44. The van der Waals surface area contributed by atoms with E-state index in [1.54, 1.807) is 0 Å². The molecule has 0 amide bonds. The van der Waals surface area contributed by atoms with Crippen LogP contribution in [0.25, 0.3) is 0 Å². The van der Waals surface area contributed by atoms with Gasteiger partial charge in [0.15, 0.2) is 0 Å². The summed E-state index contributed by atoms with van der Waals surface area (Å²) in [4.78, 5) is 12.3. The summed E-state index contributed by atoms with van der Waals surface area (Å²) >= 11 is 0. The van der Waals surface area contributed by atoms with Crippen molar-refractivity contribution in [2.45, 2.75) is 78.2 Å². The Bertz CT molecular complexity index is 343. The van der Waals surface area contributed by atoms with E-state index in [0.29, 0.717) is 5.41 Å². The van der Waals surface area contributed by atoms with Crippen LogP contribution >= 0.6 is 0 Å². The Morgan fingerprint density at radius 3 is 2.15 bits per heavy atom. The molecule has 2 fully saturated rings. The number of ether oxygens (including phenoxy) is 2. The van der Waals surface area contributed by atoms with Crippen molar-refractivity contribution < 1.29 is 14.3 Å². The predicted molar refractivity (Wildman–Crippen MR) is 79.5 cm³/mol. The van der Waals surface area contributed by atoms with Crippen molar-refractivity contribution in [3.8, 4) is 0 Å². The van der Waals surface area contributed by atoms with Crippen LogP contribution < -0.4 is 0 Å². The molecule has 0 bridgehead atoms. The van der Waals surface area contributed by atoms with E-state index in [1.807, 2.05) is 20.8 Å². The van der Waals surface area contributed by atoms with Crippen molar-refractivity contribution >= 4 is 5.97 Å². The molecule has 0 aromatic carbocycles. The zero-order valence-corrected chi connectivity index (χ0v) is 13.6. The maximum atomic E-state index is 12.3. The highest BCUT2D eigenvalue weighted by Gasteiger charge is 2.44. The van der Waals surface area contributed by atoms with Crippen LogP contribution in [0.4, 0.5) is 0 Å². The molecular weight excluding hydrogens is 252 g/mol. The molecule has 1 aliphatic heterocycles. The van der Waals surface area contributed by atoms with Crippen molar-refractivity contribution in [2.24, 2.45) is 10.8 Å². The SMILES string of the molecule is CCC(C)(C)C(=O)OC1(C)CCC2(CCOCC2)CC1. The monoisotopic (exact) mass is 282 g/mol. The number of hydrogen-bond acceptors (Lipinski definition) is 3. The first-order valence-corrected chi connectivity index (χ1v) is 8.12. The minimum Gasteiger partial charge on any atom is -0.459 e. The smallest absolute Gasteiger partial charge is 0.312 e. The van der Waals surface area contributed by atoms with E-state index in [-0.39, 0.29) is 17.0 Å². The minimum atomic E-state index is -0.364. The molecule has 0 unspecified atom stereocenters. The molecule has 1 spiro atoms. The highest BCUT2D eigenvalue weighted by Crippen LogP contribution is 2.48. The van der Waals surface area contributed by atoms with Gasteiger partial charge in [0.1, 0.15) is 5.60 Å². The molecule has 3 heteroatoms. The van der Waals surface area contributed by atoms with E-state index in [4.69, 9.17) is 9.47 Å². The second-order valence-electron chi connectivity index (χ2n) is 7.69. The summed E-state index contributed by atoms with van der Waals surface area (Å²) < 4.78 is 11.4. The van der Waals surface area contributed by atoms with Gasteiger partial charge in [-0.3, -0.25) is 4.79 Å². The quantitative estimate of drug-likeness (QED) is 0.731. The summed E-state index contributed by atoms with van der Waals surface area (Å²) in [5.74, 6) is -0.0366. The molecule has 2 rings (SSSR count). The van der Waals surface area contributed by atoms with E-state index in [0.717, 1.165) is 32.5 Å². The normalized spacial score (nSPS) is 25.4. The summed E-state index contributed by atoms with van der Waals surface area (Å²) in [6.45, 7) is 9.91. The summed E-state index contributed by atoms with van der Waals surface area (Å²) in [5.41, 5.74) is -0.158. The molecule has 1 heterocycles. The van der Waals surface area contributed by atoms with Crippen molar-refractivity contribution in [1.82, 2.24) is 0 Å². The average molecular weight is 282 g/mol. The van der Waals surface area contributed by atoms with Gasteiger partial charge in [0.05, 0.1) is 5.41 Å². The van der Waals surface area contributed by atoms with Crippen LogP contribution in [0.5, 0.6) is 0 Å². The van der Waals surface area contributed by atoms with Crippen LogP contribution in [-0.4, -0.2) is 24.8 Å². The minimum absolute atomic E-state index is 0.0366. The first-order valence-electron chi connectivity index (χ1n) is 8.12. The van der Waals surface area contributed by atoms with E-state index >= 15 is 0 Å². The summed E-state index contributed by atoms with van der Waals surface area (Å²) in [6.07, 6.45) is 7.52. The van der Waals surface area contributed by atoms with Gasteiger partial charge < -0.3 is 9.47 Å². The lowest BCUT2D eigenvalue weighted by molar-refractivity contribution is -0.176. The van der Waals surface area contributed by atoms with Crippen LogP contribution in [0.1, 0.15) is 72.6 Å². The number of carbonyl (C=O) groups excluding carboxylic acids is 1. The van der Waals surface area contributed by atoms with Gasteiger partial charge in [0.2, 0.25) is 0 Å². The zero-order chi connectivity index (χ0) is 14.9. The van der Waals surface area contributed by atoms with Crippen molar-refractivity contribution in [2.75, 3.05) is 13.2 Å². The van der Waals surface area contributed by atoms with Crippen LogP contribution in [-0.2, 0) is 14.3 Å². The van der Waals surface area contributed by atoms with Gasteiger partial charge in [0.25, 0.3) is 0 Å². The molecule has 116 valence electrons. The molecule has 0 radical (unpaired) electrons. The number of hydrogen-bond donors (Lipinski definition) is 0. The molecule has 0 N–H and O–H groups in total. The van der Waals surface area contributed by atoms with Crippen LogP contribution in [0.3, 0.4) is 0 Å². The Morgan fingerprint density at radius 1 is 1.10 bits per heavy atom. The molecule has 0 aromatic rings. The van der Waals surface area contributed by atoms with Crippen molar-refractivity contribution in [1.29, 1.82) is 0 Å². The fraction of sp³-hybridized carbons (Fsp3) is 0.941. The predicted octanol–water partition coefficient (Wildman–Crippen LogP) is 4.10. The number of esters is 1. The first kappa shape index (κ1) is 15.8. The van der Waals surface area contributed by atoms with Crippen molar-refractivity contribution in [3.05, 3.63) is 0 Å². The lowest BCUT2D eigenvalue weighted by atomic mass is 9.65. The second kappa shape index (κ2) is 5.67. The van der Waals surface area contributed by atoms with Crippen LogP contribution in [0.15, 0.2) is 0 Å². The topological polar surface area (TPSA) is 35.5 Å². The lowest BCUT2D eigenvalue weighted by Crippen LogP contribution is -2.44. The van der Waals surface area contributed by atoms with Gasteiger partial charge in [-0.1, -0.05) is 6.92 Å². The Hall–Kier alpha value is -0.570. The van der Waals surface area contributed by atoms with E-state index in [9.17, 15) is 4.79 Å². The Balaban J connectivity index is 1.92. The maximum absolute atomic E-state index is 12.3. The highest BCUT2D eigenvalue weighted by atomic mass is 16.6. The maximum Gasteiger partial charge on any atom is 0.312 e. The fourth-order valence-electron chi connectivity index (χ4n) is 3.22. The largest absolute Gasteiger partial charge is 0.459 e. The standard InChI is InChI=1S/C17H30O3/c1-5-15(2,3)14(18)20-16(4)6-8-17(9-7-16)10-12-19-13-11-17/h5-13H2,1-4H3. The van der Waals surface area contributed by atoms with E-state index in [2.05, 4.69) is 6.92 Å². The molecule has 1 aliphatic carbocycles. The Morgan fingerprint density at radius 2 is 1.65 bits per heavy atom. The van der Waals surface area contributed by atoms with Gasteiger partial charge >= 0.3 is 5.97 Å². The van der Waals surface area contributed by atoms with E-state index in [1.165, 1.54) is 25.7 Å². The van der Waals surface area contributed by atoms with Gasteiger partial charge in [-0.05, 0) is 71.1 Å². The molecule has 3 nitrogen and oxygen atoms in total. The highest BCUT2D eigenvalue weighted by molar-refractivity contribution is 5.76. The molecule has 0 aromatic heterocycles. The van der Waals surface area contributed by atoms with Gasteiger partial charge in [-0.2, -0.15) is 0 Å². The third-order valence-corrected chi connectivity index (χ3v) is 5.70. The molecule has 0 atom stereocenters. The molecular formula is C17H30O3. The molecule has 1 saturated heterocycles. The number of rotatable bonds is 3. The van der Waals surface area contributed by atoms with Gasteiger partial charge in [-0.15, -0.1) is 0 Å². The van der Waals surface area contributed by atoms with Crippen LogP contribution in [0.2, 0.25) is 0 Å². The van der Waals surface area contributed by atoms with Gasteiger partial charge in [0, 0.05) is 13.2 Å². The van der Waals surface area contributed by atoms with E-state index < -0.39 is 0 Å². The fourth-order valence-corrected chi connectivity index (χ4v) is 3.22. The Kier molecular flexibility index (Phi) is 4.48. The molecule has 2 aliphatic rings. The lowest BCUT2D eigenvalue weighted by Gasteiger charge is -2.46. The van der Waals surface area contributed by atoms with Crippen molar-refractivity contribution in [3.63, 3.8) is 0 Å². The molecule has 1 saturated carbocycles. The van der Waals surface area contributed by atoms with Gasteiger partial charge in [-0.25, -0.2) is 0 Å². The second-order valence-corrected chi connectivity index (χ2v) is 7.69. The van der Waals surface area contributed by atoms with Crippen LogP contribution in [0, 0.1) is 10.8 Å².